The average Bonchev–Trinajstić information content (AvgIpc) is 3.16. The molecule has 0 aliphatic heterocycles. The minimum atomic E-state index is -0.497. The predicted molar refractivity (Wildman–Crippen MR) is 87.5 cm³/mol. The Labute approximate surface area is 138 Å². The number of rotatable bonds is 5. The molecule has 130 valence electrons. The summed E-state index contributed by atoms with van der Waals surface area (Å²) >= 11 is 0. The second kappa shape index (κ2) is 7.20. The van der Waals surface area contributed by atoms with Crippen LogP contribution in [0, 0.1) is 23.7 Å². The fourth-order valence-electron chi connectivity index (χ4n) is 4.95. The highest BCUT2D eigenvalue weighted by atomic mass is 16.3. The van der Waals surface area contributed by atoms with Gasteiger partial charge >= 0.3 is 0 Å². The Hall–Kier alpha value is -1.10. The first-order valence-electron chi connectivity index (χ1n) is 9.31. The van der Waals surface area contributed by atoms with Crippen LogP contribution < -0.4 is 10.6 Å². The number of nitrogens with one attached hydrogen (secondary N) is 2. The Balaban J connectivity index is 1.50. The normalized spacial score (nSPS) is 35.0. The number of amides is 2. The topological polar surface area (TPSA) is 78.4 Å². The summed E-state index contributed by atoms with van der Waals surface area (Å²) in [4.78, 5) is 24.7. The van der Waals surface area contributed by atoms with Crippen LogP contribution in [0.5, 0.6) is 0 Å². The van der Waals surface area contributed by atoms with Gasteiger partial charge in [0.25, 0.3) is 0 Å². The Bertz CT molecular complexity index is 448. The van der Waals surface area contributed by atoms with Crippen molar-refractivity contribution < 1.29 is 14.7 Å². The number of carbonyl (C=O) groups excluding carboxylic acids is 2. The molecule has 3 aliphatic carbocycles. The van der Waals surface area contributed by atoms with E-state index in [1.54, 1.807) is 6.92 Å². The Morgan fingerprint density at radius 2 is 1.78 bits per heavy atom. The van der Waals surface area contributed by atoms with Crippen LogP contribution >= 0.6 is 0 Å². The zero-order valence-corrected chi connectivity index (χ0v) is 14.1. The molecule has 3 fully saturated rings. The highest BCUT2D eigenvalue weighted by Gasteiger charge is 2.47. The molecule has 3 N–H and O–H groups in total. The number of aliphatic hydroxyl groups is 1. The van der Waals surface area contributed by atoms with E-state index in [4.69, 9.17) is 0 Å². The van der Waals surface area contributed by atoms with E-state index in [1.165, 1.54) is 12.8 Å². The molecule has 0 saturated heterocycles. The van der Waals surface area contributed by atoms with Crippen LogP contribution in [0.3, 0.4) is 0 Å². The van der Waals surface area contributed by atoms with Gasteiger partial charge in [0, 0.05) is 24.5 Å². The van der Waals surface area contributed by atoms with Crippen molar-refractivity contribution in [3.05, 3.63) is 0 Å². The van der Waals surface area contributed by atoms with Crippen LogP contribution in [-0.4, -0.2) is 35.6 Å². The summed E-state index contributed by atoms with van der Waals surface area (Å²) in [6.07, 6.45) is 8.78. The molecule has 3 rings (SSSR count). The lowest BCUT2D eigenvalue weighted by Gasteiger charge is -2.31. The smallest absolute Gasteiger partial charge is 0.242 e. The van der Waals surface area contributed by atoms with Gasteiger partial charge in [-0.15, -0.1) is 0 Å². The van der Waals surface area contributed by atoms with Crippen molar-refractivity contribution in [3.63, 3.8) is 0 Å². The highest BCUT2D eigenvalue weighted by Crippen LogP contribution is 2.48. The van der Waals surface area contributed by atoms with Gasteiger partial charge in [0.1, 0.15) is 6.04 Å². The van der Waals surface area contributed by atoms with Gasteiger partial charge in [-0.3, -0.25) is 9.59 Å². The zero-order valence-electron chi connectivity index (χ0n) is 14.1. The Kier molecular flexibility index (Phi) is 5.24. The number of carbonyl (C=O) groups is 2. The van der Waals surface area contributed by atoms with E-state index in [2.05, 4.69) is 10.6 Å². The van der Waals surface area contributed by atoms with Gasteiger partial charge in [-0.25, -0.2) is 0 Å². The first-order chi connectivity index (χ1) is 11.1. The van der Waals surface area contributed by atoms with E-state index >= 15 is 0 Å². The number of hydrogen-bond acceptors (Lipinski definition) is 3. The summed E-state index contributed by atoms with van der Waals surface area (Å²) in [5.74, 6) is 1.25. The van der Waals surface area contributed by atoms with Gasteiger partial charge in [0.15, 0.2) is 0 Å². The third kappa shape index (κ3) is 3.54. The third-order valence-corrected chi connectivity index (χ3v) is 6.34. The number of fused-ring (bicyclic) bond motifs is 2. The fourth-order valence-corrected chi connectivity index (χ4v) is 4.95. The summed E-state index contributed by atoms with van der Waals surface area (Å²) in [6, 6.07) is -0.414. The number of hydrogen-bond donors (Lipinski definition) is 3. The minimum absolute atomic E-state index is 0.0269. The minimum Gasteiger partial charge on any atom is -0.396 e. The van der Waals surface area contributed by atoms with E-state index in [9.17, 15) is 14.7 Å². The summed E-state index contributed by atoms with van der Waals surface area (Å²) in [5, 5.41) is 15.6. The van der Waals surface area contributed by atoms with E-state index < -0.39 is 6.04 Å². The maximum atomic E-state index is 12.4. The molecule has 5 atom stereocenters. The van der Waals surface area contributed by atoms with E-state index in [0.29, 0.717) is 11.8 Å². The molecule has 0 radical (unpaired) electrons. The molecule has 0 aromatic heterocycles. The second-order valence-corrected chi connectivity index (χ2v) is 7.78. The average molecular weight is 322 g/mol. The van der Waals surface area contributed by atoms with Crippen molar-refractivity contribution in [2.75, 3.05) is 6.61 Å². The SMILES string of the molecule is CC(NC(=O)C1CCCCC1)C(=O)NC1C2CCC(C2)C1CO. The fraction of sp³-hybridized carbons (Fsp3) is 0.889. The van der Waals surface area contributed by atoms with Crippen molar-refractivity contribution in [2.24, 2.45) is 23.7 Å². The van der Waals surface area contributed by atoms with Crippen LogP contribution in [0.15, 0.2) is 0 Å². The summed E-state index contributed by atoms with van der Waals surface area (Å²) < 4.78 is 0. The summed E-state index contributed by atoms with van der Waals surface area (Å²) in [7, 11) is 0. The van der Waals surface area contributed by atoms with Crippen molar-refractivity contribution in [2.45, 2.75) is 70.4 Å². The quantitative estimate of drug-likeness (QED) is 0.719. The van der Waals surface area contributed by atoms with Crippen molar-refractivity contribution in [1.82, 2.24) is 10.6 Å². The lowest BCUT2D eigenvalue weighted by molar-refractivity contribution is -0.132. The molecule has 2 amide bonds. The zero-order chi connectivity index (χ0) is 16.4. The molecule has 5 heteroatoms. The molecule has 5 nitrogen and oxygen atoms in total. The molecule has 3 aliphatic rings. The van der Waals surface area contributed by atoms with E-state index in [0.717, 1.165) is 38.5 Å². The lowest BCUT2D eigenvalue weighted by Crippen LogP contribution is -2.53. The van der Waals surface area contributed by atoms with Gasteiger partial charge in [0.2, 0.25) is 11.8 Å². The molecule has 3 saturated carbocycles. The van der Waals surface area contributed by atoms with E-state index in [-0.39, 0.29) is 36.3 Å². The third-order valence-electron chi connectivity index (χ3n) is 6.34. The molecule has 0 spiro atoms. The largest absolute Gasteiger partial charge is 0.396 e. The highest BCUT2D eigenvalue weighted by molar-refractivity contribution is 5.88. The molecular weight excluding hydrogens is 292 g/mol. The molecule has 5 unspecified atom stereocenters. The van der Waals surface area contributed by atoms with Crippen LogP contribution in [0.1, 0.15) is 58.3 Å². The summed E-state index contributed by atoms with van der Waals surface area (Å²) in [6.45, 7) is 1.91. The van der Waals surface area contributed by atoms with Crippen LogP contribution in [-0.2, 0) is 9.59 Å². The monoisotopic (exact) mass is 322 g/mol. The first-order valence-corrected chi connectivity index (χ1v) is 9.31. The Morgan fingerprint density at radius 3 is 2.48 bits per heavy atom. The maximum Gasteiger partial charge on any atom is 0.242 e. The molecule has 2 bridgehead atoms. The van der Waals surface area contributed by atoms with Crippen molar-refractivity contribution in [3.8, 4) is 0 Å². The maximum absolute atomic E-state index is 12.4. The number of aliphatic hydroxyl groups excluding tert-OH is 1. The lowest BCUT2D eigenvalue weighted by atomic mass is 9.85. The van der Waals surface area contributed by atoms with Crippen molar-refractivity contribution >= 4 is 11.8 Å². The predicted octanol–water partition coefficient (Wildman–Crippen LogP) is 1.59. The molecule has 23 heavy (non-hydrogen) atoms. The van der Waals surface area contributed by atoms with Gasteiger partial charge in [-0.1, -0.05) is 19.3 Å². The van der Waals surface area contributed by atoms with E-state index in [1.807, 2.05) is 0 Å². The van der Waals surface area contributed by atoms with Crippen LogP contribution in [0.2, 0.25) is 0 Å². The van der Waals surface area contributed by atoms with Crippen LogP contribution in [0.25, 0.3) is 0 Å². The van der Waals surface area contributed by atoms with Crippen LogP contribution in [0.4, 0.5) is 0 Å². The molecular formula is C18H30N2O3. The van der Waals surface area contributed by atoms with Gasteiger partial charge in [0.05, 0.1) is 0 Å². The van der Waals surface area contributed by atoms with Gasteiger partial charge in [-0.2, -0.15) is 0 Å². The van der Waals surface area contributed by atoms with Gasteiger partial charge < -0.3 is 15.7 Å². The standard InChI is InChI=1S/C18H30N2O3/c1-11(19-18(23)12-5-3-2-4-6-12)17(22)20-16-14-8-7-13(9-14)15(16)10-21/h11-16,21H,2-10H2,1H3,(H,19,23)(H,20,22). The molecule has 0 heterocycles. The molecule has 0 aromatic rings. The van der Waals surface area contributed by atoms with Crippen molar-refractivity contribution in [1.29, 1.82) is 0 Å². The van der Waals surface area contributed by atoms with Gasteiger partial charge in [-0.05, 0) is 50.9 Å². The Morgan fingerprint density at radius 1 is 1.09 bits per heavy atom. The molecule has 0 aromatic carbocycles. The summed E-state index contributed by atoms with van der Waals surface area (Å²) in [5.41, 5.74) is 0. The second-order valence-electron chi connectivity index (χ2n) is 7.78. The first kappa shape index (κ1) is 16.7.